The fraction of sp³-hybridized carbons (Fsp3) is 0.118. The normalized spacial score (nSPS) is 10.1. The number of phenols is 1. The summed E-state index contributed by atoms with van der Waals surface area (Å²) in [6.07, 6.45) is 0. The highest BCUT2D eigenvalue weighted by Crippen LogP contribution is 2.21. The molecule has 7 nitrogen and oxygen atoms in total. The largest absolute Gasteiger partial charge is 0.508 e. The summed E-state index contributed by atoms with van der Waals surface area (Å²) in [7, 11) is 1.63. The van der Waals surface area contributed by atoms with Gasteiger partial charge in [-0.15, -0.1) is 0 Å². The van der Waals surface area contributed by atoms with Crippen LogP contribution in [-0.2, 0) is 0 Å². The summed E-state index contributed by atoms with van der Waals surface area (Å²) >= 11 is 0. The summed E-state index contributed by atoms with van der Waals surface area (Å²) in [6.45, 7) is 1.33. The Balaban J connectivity index is 2.34. The zero-order valence-electron chi connectivity index (χ0n) is 13.1. The van der Waals surface area contributed by atoms with E-state index in [1.54, 1.807) is 13.1 Å². The molecule has 124 valence electrons. The van der Waals surface area contributed by atoms with Crippen LogP contribution in [0.15, 0.2) is 36.4 Å². The number of hydrogen-bond donors (Lipinski definition) is 4. The Bertz CT molecular complexity index is 830. The molecule has 2 rings (SSSR count). The molecule has 0 heterocycles. The zero-order valence-corrected chi connectivity index (χ0v) is 13.1. The van der Waals surface area contributed by atoms with Crippen molar-refractivity contribution in [2.75, 3.05) is 17.7 Å². The molecule has 0 spiro atoms. The smallest absolute Gasteiger partial charge is 0.335 e. The molecule has 24 heavy (non-hydrogen) atoms. The van der Waals surface area contributed by atoms with Crippen molar-refractivity contribution >= 4 is 29.0 Å². The van der Waals surface area contributed by atoms with Crippen molar-refractivity contribution in [3.8, 4) is 5.75 Å². The average molecular weight is 328 g/mol. The van der Waals surface area contributed by atoms with Gasteiger partial charge in [0.05, 0.1) is 5.56 Å². The second-order valence-electron chi connectivity index (χ2n) is 5.13. The molecule has 0 bridgehead atoms. The minimum absolute atomic E-state index is 0.0116. The van der Waals surface area contributed by atoms with Crippen molar-refractivity contribution in [1.82, 2.24) is 0 Å². The van der Waals surface area contributed by atoms with Gasteiger partial charge in [-0.25, -0.2) is 4.79 Å². The summed E-state index contributed by atoms with van der Waals surface area (Å²) in [5.41, 5.74) is 1.10. The first kappa shape index (κ1) is 17.0. The molecule has 0 aliphatic rings. The lowest BCUT2D eigenvalue weighted by molar-refractivity contribution is 0.0696. The van der Waals surface area contributed by atoms with Crippen LogP contribution in [0.3, 0.4) is 0 Å². The third kappa shape index (κ3) is 3.89. The maximum atomic E-state index is 12.3. The molecule has 0 aromatic heterocycles. The van der Waals surface area contributed by atoms with Crippen molar-refractivity contribution in [1.29, 1.82) is 0 Å². The summed E-state index contributed by atoms with van der Waals surface area (Å²) in [4.78, 5) is 34.9. The number of ketones is 1. The SMILES string of the molecule is CNc1cc(NC(=O)c2cc(O)cc(C(C)=O)c2)cc(C(=O)O)c1. The molecule has 0 atom stereocenters. The molecule has 2 aromatic rings. The number of benzene rings is 2. The number of carbonyl (C=O) groups excluding carboxylic acids is 2. The minimum Gasteiger partial charge on any atom is -0.508 e. The lowest BCUT2D eigenvalue weighted by Gasteiger charge is -2.10. The van der Waals surface area contributed by atoms with Gasteiger partial charge in [-0.05, 0) is 43.3 Å². The van der Waals surface area contributed by atoms with E-state index in [1.807, 2.05) is 0 Å². The molecular weight excluding hydrogens is 312 g/mol. The van der Waals surface area contributed by atoms with Crippen LogP contribution in [0.1, 0.15) is 38.0 Å². The van der Waals surface area contributed by atoms with E-state index >= 15 is 0 Å². The molecule has 0 unspecified atom stereocenters. The van der Waals surface area contributed by atoms with Crippen LogP contribution >= 0.6 is 0 Å². The highest BCUT2D eigenvalue weighted by atomic mass is 16.4. The van der Waals surface area contributed by atoms with Gasteiger partial charge in [0.1, 0.15) is 5.75 Å². The summed E-state index contributed by atoms with van der Waals surface area (Å²) < 4.78 is 0. The van der Waals surface area contributed by atoms with Crippen molar-refractivity contribution < 1.29 is 24.6 Å². The van der Waals surface area contributed by atoms with E-state index in [4.69, 9.17) is 5.11 Å². The first-order chi connectivity index (χ1) is 11.3. The number of carbonyl (C=O) groups is 3. The Morgan fingerprint density at radius 1 is 0.875 bits per heavy atom. The number of Topliss-reactive ketones (excluding diaryl/α,β-unsaturated/α-hetero) is 1. The molecule has 1 amide bonds. The first-order valence-corrected chi connectivity index (χ1v) is 7.02. The van der Waals surface area contributed by atoms with Gasteiger partial charge in [-0.2, -0.15) is 0 Å². The van der Waals surface area contributed by atoms with Crippen LogP contribution in [0.5, 0.6) is 5.75 Å². The minimum atomic E-state index is -1.13. The Morgan fingerprint density at radius 2 is 1.50 bits per heavy atom. The van der Waals surface area contributed by atoms with Gasteiger partial charge in [0, 0.05) is 29.5 Å². The highest BCUT2D eigenvalue weighted by Gasteiger charge is 2.13. The third-order valence-electron chi connectivity index (χ3n) is 3.31. The molecule has 7 heteroatoms. The molecule has 0 saturated heterocycles. The lowest BCUT2D eigenvalue weighted by atomic mass is 10.1. The lowest BCUT2D eigenvalue weighted by Crippen LogP contribution is -2.13. The van der Waals surface area contributed by atoms with Crippen molar-refractivity contribution in [3.05, 3.63) is 53.1 Å². The van der Waals surface area contributed by atoms with Crippen LogP contribution in [-0.4, -0.2) is 34.9 Å². The Labute approximate surface area is 137 Å². The Kier molecular flexibility index (Phi) is 4.84. The molecule has 2 aromatic carbocycles. The highest BCUT2D eigenvalue weighted by molar-refractivity contribution is 6.07. The maximum absolute atomic E-state index is 12.3. The van der Waals surface area contributed by atoms with Crippen LogP contribution in [0.2, 0.25) is 0 Å². The third-order valence-corrected chi connectivity index (χ3v) is 3.31. The van der Waals surface area contributed by atoms with E-state index in [2.05, 4.69) is 10.6 Å². The number of phenolic OH excluding ortho intramolecular Hbond substituents is 1. The van der Waals surface area contributed by atoms with Gasteiger partial charge in [0.2, 0.25) is 0 Å². The molecule has 0 aliphatic heterocycles. The molecule has 0 aliphatic carbocycles. The summed E-state index contributed by atoms with van der Waals surface area (Å²) in [5, 5.41) is 24.1. The van der Waals surface area contributed by atoms with E-state index in [1.165, 1.54) is 37.3 Å². The van der Waals surface area contributed by atoms with Crippen molar-refractivity contribution in [3.63, 3.8) is 0 Å². The van der Waals surface area contributed by atoms with E-state index in [9.17, 15) is 19.5 Å². The first-order valence-electron chi connectivity index (χ1n) is 7.02. The van der Waals surface area contributed by atoms with Crippen LogP contribution in [0.4, 0.5) is 11.4 Å². The number of rotatable bonds is 5. The van der Waals surface area contributed by atoms with E-state index < -0.39 is 11.9 Å². The number of amides is 1. The standard InChI is InChI=1S/C17H16N2O5/c1-9(20)10-3-11(7-15(21)6-10)16(22)19-14-5-12(17(23)24)4-13(8-14)18-2/h3-8,18,21H,1-2H3,(H,19,22)(H,23,24). The van der Waals surface area contributed by atoms with Gasteiger partial charge >= 0.3 is 5.97 Å². The number of carboxylic acids is 1. The van der Waals surface area contributed by atoms with Crippen molar-refractivity contribution in [2.24, 2.45) is 0 Å². The zero-order chi connectivity index (χ0) is 17.9. The number of nitrogens with one attached hydrogen (secondary N) is 2. The molecule has 4 N–H and O–H groups in total. The van der Waals surface area contributed by atoms with Gasteiger partial charge in [-0.3, -0.25) is 9.59 Å². The van der Waals surface area contributed by atoms with E-state index in [0.29, 0.717) is 5.69 Å². The van der Waals surface area contributed by atoms with Gasteiger partial charge in [-0.1, -0.05) is 0 Å². The molecule has 0 saturated carbocycles. The number of aromatic hydroxyl groups is 1. The maximum Gasteiger partial charge on any atom is 0.335 e. The predicted octanol–water partition coefficient (Wildman–Crippen LogP) is 2.59. The average Bonchev–Trinajstić information content (AvgIpc) is 2.53. The number of anilines is 2. The number of carboxylic acid groups (broad SMARTS) is 1. The van der Waals surface area contributed by atoms with Gasteiger partial charge in [0.25, 0.3) is 5.91 Å². The Hall–Kier alpha value is -3.35. The van der Waals surface area contributed by atoms with Crippen molar-refractivity contribution in [2.45, 2.75) is 6.92 Å². The summed E-state index contributed by atoms with van der Waals surface area (Å²) in [6, 6.07) is 8.16. The predicted molar refractivity (Wildman–Crippen MR) is 89.0 cm³/mol. The fourth-order valence-corrected chi connectivity index (χ4v) is 2.12. The fourth-order valence-electron chi connectivity index (χ4n) is 2.12. The Morgan fingerprint density at radius 3 is 2.08 bits per heavy atom. The van der Waals surface area contributed by atoms with Crippen LogP contribution < -0.4 is 10.6 Å². The second-order valence-corrected chi connectivity index (χ2v) is 5.13. The molecular formula is C17H16N2O5. The quantitative estimate of drug-likeness (QED) is 0.627. The monoisotopic (exact) mass is 328 g/mol. The second kappa shape index (κ2) is 6.82. The van der Waals surface area contributed by atoms with E-state index in [-0.39, 0.29) is 33.9 Å². The van der Waals surface area contributed by atoms with E-state index in [0.717, 1.165) is 0 Å². The number of hydrogen-bond acceptors (Lipinski definition) is 5. The number of aromatic carboxylic acids is 1. The van der Waals surface area contributed by atoms with Gasteiger partial charge in [0.15, 0.2) is 5.78 Å². The van der Waals surface area contributed by atoms with Gasteiger partial charge < -0.3 is 20.8 Å². The van der Waals surface area contributed by atoms with Crippen LogP contribution in [0.25, 0.3) is 0 Å². The molecule has 0 fully saturated rings. The summed E-state index contributed by atoms with van der Waals surface area (Å²) in [5.74, 6) is -2.19. The van der Waals surface area contributed by atoms with Crippen LogP contribution in [0, 0.1) is 0 Å². The molecule has 0 radical (unpaired) electrons. The topological polar surface area (TPSA) is 116 Å².